The van der Waals surface area contributed by atoms with Crippen molar-refractivity contribution in [2.75, 3.05) is 44.9 Å². The fraction of sp³-hybridized carbons (Fsp3) is 0.583. The van der Waals surface area contributed by atoms with Crippen molar-refractivity contribution in [3.8, 4) is 5.75 Å². The van der Waals surface area contributed by atoms with Crippen molar-refractivity contribution >= 4 is 33.2 Å². The highest BCUT2D eigenvalue weighted by Gasteiger charge is 2.45. The number of nitrogens with one attached hydrogen (secondary N) is 1. The molecule has 46 heavy (non-hydrogen) atoms. The number of halogens is 1. The van der Waals surface area contributed by atoms with Crippen LogP contribution in [0.3, 0.4) is 0 Å². The number of allylic oxidation sites excluding steroid dienone is 1. The fourth-order valence-electron chi connectivity index (χ4n) is 7.83. The molecular formula is C36H47ClN2O6S. The lowest BCUT2D eigenvalue weighted by Crippen LogP contribution is -2.49. The molecule has 8 nitrogen and oxygen atoms in total. The zero-order valence-corrected chi connectivity index (χ0v) is 28.9. The number of carbonyl (C=O) groups is 1. The highest BCUT2D eigenvalue weighted by atomic mass is 35.5. The minimum absolute atomic E-state index is 0.0463. The normalized spacial score (nSPS) is 33.1. The molecule has 0 aromatic heterocycles. The van der Waals surface area contributed by atoms with Gasteiger partial charge in [-0.15, -0.1) is 0 Å². The summed E-state index contributed by atoms with van der Waals surface area (Å²) >= 11 is 6.44. The Labute approximate surface area is 278 Å². The van der Waals surface area contributed by atoms with Crippen LogP contribution in [-0.4, -0.2) is 65.7 Å². The van der Waals surface area contributed by atoms with E-state index in [4.69, 9.17) is 25.8 Å². The molecule has 2 aromatic carbocycles. The smallest absolute Gasteiger partial charge is 0.264 e. The van der Waals surface area contributed by atoms with Gasteiger partial charge in [0, 0.05) is 36.2 Å². The quantitative estimate of drug-likeness (QED) is 0.308. The monoisotopic (exact) mass is 670 g/mol. The average molecular weight is 671 g/mol. The Morgan fingerprint density at radius 3 is 2.67 bits per heavy atom. The number of nitrogens with zero attached hydrogens (tertiary/aromatic N) is 1. The summed E-state index contributed by atoms with van der Waals surface area (Å²) in [6.07, 6.45) is 9.25. The summed E-state index contributed by atoms with van der Waals surface area (Å²) in [5, 5.41) is -0.0409. The number of methoxy groups -OCH3 is 1. The molecule has 1 spiro atoms. The van der Waals surface area contributed by atoms with E-state index in [2.05, 4.69) is 33.9 Å². The summed E-state index contributed by atoms with van der Waals surface area (Å²) in [7, 11) is -2.27. The van der Waals surface area contributed by atoms with Crippen molar-refractivity contribution < 1.29 is 27.4 Å². The zero-order valence-electron chi connectivity index (χ0n) is 27.3. The van der Waals surface area contributed by atoms with Gasteiger partial charge in [-0.25, -0.2) is 13.1 Å². The number of sulfonamides is 1. The predicted molar refractivity (Wildman–Crippen MR) is 181 cm³/mol. The number of hydrogen-bond acceptors (Lipinski definition) is 7. The average Bonchev–Trinajstić information content (AvgIpc) is 3.17. The Bertz CT molecular complexity index is 1580. The third kappa shape index (κ3) is 6.58. The lowest BCUT2D eigenvalue weighted by Gasteiger charge is -2.46. The second-order valence-electron chi connectivity index (χ2n) is 13.9. The highest BCUT2D eigenvalue weighted by Crippen LogP contribution is 2.47. The molecule has 10 heteroatoms. The number of anilines is 1. The number of benzene rings is 2. The van der Waals surface area contributed by atoms with Crippen LogP contribution in [0.1, 0.15) is 67.9 Å². The van der Waals surface area contributed by atoms with Gasteiger partial charge in [-0.3, -0.25) is 4.79 Å². The van der Waals surface area contributed by atoms with Crippen LogP contribution >= 0.6 is 11.6 Å². The SMILES string of the molecule is COCCO[C@H]1/C=C\[C@H](C)[C@H](C)[C@@H](C)S(=O)(=O)NC(=O)c2ccc3c(c2)N(C[C@@H]2CC[C@H]21)C[C@@]1(CCCc2cc(Cl)ccc21)CO3. The van der Waals surface area contributed by atoms with Crippen LogP contribution in [0.2, 0.25) is 5.02 Å². The van der Waals surface area contributed by atoms with Crippen LogP contribution in [0.5, 0.6) is 5.75 Å². The molecule has 1 fully saturated rings. The van der Waals surface area contributed by atoms with Crippen molar-refractivity contribution in [1.29, 1.82) is 0 Å². The molecular weight excluding hydrogens is 624 g/mol. The van der Waals surface area contributed by atoms with Crippen molar-refractivity contribution in [1.82, 2.24) is 4.72 Å². The summed E-state index contributed by atoms with van der Waals surface area (Å²) in [5.41, 5.74) is 3.41. The van der Waals surface area contributed by atoms with Gasteiger partial charge in [0.25, 0.3) is 5.91 Å². The number of ether oxygens (including phenoxy) is 3. The van der Waals surface area contributed by atoms with Crippen molar-refractivity contribution in [2.24, 2.45) is 23.7 Å². The van der Waals surface area contributed by atoms with E-state index >= 15 is 0 Å². The van der Waals surface area contributed by atoms with E-state index in [0.29, 0.717) is 43.0 Å². The molecule has 2 aliphatic carbocycles. The Morgan fingerprint density at radius 2 is 1.91 bits per heavy atom. The molecule has 2 bridgehead atoms. The van der Waals surface area contributed by atoms with Gasteiger partial charge in [-0.05, 0) is 104 Å². The fourth-order valence-corrected chi connectivity index (χ4v) is 9.40. The maximum absolute atomic E-state index is 13.5. The summed E-state index contributed by atoms with van der Waals surface area (Å²) in [6, 6.07) is 11.5. The second kappa shape index (κ2) is 13.5. The summed E-state index contributed by atoms with van der Waals surface area (Å²) in [6.45, 7) is 8.62. The van der Waals surface area contributed by atoms with Gasteiger partial charge < -0.3 is 19.1 Å². The van der Waals surface area contributed by atoms with Gasteiger partial charge in [-0.1, -0.05) is 43.7 Å². The molecule has 6 rings (SSSR count). The first-order valence-corrected chi connectivity index (χ1v) is 18.6. The maximum atomic E-state index is 13.5. The molecule has 0 unspecified atom stereocenters. The van der Waals surface area contributed by atoms with Crippen molar-refractivity contribution in [2.45, 2.75) is 69.6 Å². The lowest BCUT2D eigenvalue weighted by molar-refractivity contribution is -0.0311. The maximum Gasteiger partial charge on any atom is 0.264 e. The second-order valence-corrected chi connectivity index (χ2v) is 16.4. The van der Waals surface area contributed by atoms with Crippen molar-refractivity contribution in [3.63, 3.8) is 0 Å². The Morgan fingerprint density at radius 1 is 1.09 bits per heavy atom. The molecule has 250 valence electrons. The molecule has 0 radical (unpaired) electrons. The van der Waals surface area contributed by atoms with E-state index < -0.39 is 21.2 Å². The molecule has 2 aliphatic heterocycles. The minimum Gasteiger partial charge on any atom is -0.490 e. The summed E-state index contributed by atoms with van der Waals surface area (Å²) in [5.74, 6) is 0.476. The first kappa shape index (κ1) is 33.3. The molecule has 7 atom stereocenters. The number of fused-ring (bicyclic) bond motifs is 4. The Balaban J connectivity index is 1.42. The number of rotatable bonds is 4. The van der Waals surface area contributed by atoms with E-state index in [1.54, 1.807) is 20.1 Å². The molecule has 1 N–H and O–H groups in total. The third-order valence-corrected chi connectivity index (χ3v) is 13.3. The highest BCUT2D eigenvalue weighted by molar-refractivity contribution is 7.90. The number of hydrogen-bond donors (Lipinski definition) is 1. The number of carbonyl (C=O) groups excluding carboxylic acids is 1. The zero-order chi connectivity index (χ0) is 32.6. The van der Waals surface area contributed by atoms with Crippen LogP contribution in [0.25, 0.3) is 0 Å². The van der Waals surface area contributed by atoms with Gasteiger partial charge in [-0.2, -0.15) is 0 Å². The van der Waals surface area contributed by atoms with Crippen LogP contribution in [0, 0.1) is 23.7 Å². The minimum atomic E-state index is -3.95. The Kier molecular flexibility index (Phi) is 9.77. The van der Waals surface area contributed by atoms with Gasteiger partial charge in [0.2, 0.25) is 10.0 Å². The topological polar surface area (TPSA) is 94.2 Å². The molecule has 0 saturated heterocycles. The molecule has 1 amide bonds. The van der Waals surface area contributed by atoms with E-state index in [1.807, 2.05) is 32.0 Å². The third-order valence-electron chi connectivity index (χ3n) is 11.1. The lowest BCUT2D eigenvalue weighted by atomic mass is 9.68. The van der Waals surface area contributed by atoms with Crippen LogP contribution in [0.4, 0.5) is 5.69 Å². The first-order chi connectivity index (χ1) is 22.0. The van der Waals surface area contributed by atoms with Crippen LogP contribution in [0.15, 0.2) is 48.6 Å². The van der Waals surface area contributed by atoms with Gasteiger partial charge in [0.15, 0.2) is 0 Å². The molecule has 4 aliphatic rings. The Hall–Kier alpha value is -2.59. The number of aryl methyl sites for hydroxylation is 1. The van der Waals surface area contributed by atoms with Crippen molar-refractivity contribution in [3.05, 3.63) is 70.3 Å². The van der Waals surface area contributed by atoms with E-state index in [9.17, 15) is 13.2 Å². The van der Waals surface area contributed by atoms with Crippen LogP contribution in [-0.2, 0) is 31.3 Å². The molecule has 2 heterocycles. The predicted octanol–water partition coefficient (Wildman–Crippen LogP) is 6.16. The summed E-state index contributed by atoms with van der Waals surface area (Å²) in [4.78, 5) is 15.9. The first-order valence-electron chi connectivity index (χ1n) is 16.7. The van der Waals surface area contributed by atoms with Gasteiger partial charge in [0.1, 0.15) is 5.75 Å². The van der Waals surface area contributed by atoms with Gasteiger partial charge in [0.05, 0.1) is 36.9 Å². The van der Waals surface area contributed by atoms with E-state index in [-0.39, 0.29) is 23.4 Å². The standard InChI is InChI=1S/C36H47ClN2O6S/c1-23-7-13-33(44-17-16-43-4)30-11-8-28(30)20-39-21-36(15-5-6-26-18-29(37)10-12-31(26)36)22-45-34-14-9-27(19-32(34)39)35(40)38-46(41,42)25(3)24(23)2/h7,9-10,12-14,18-19,23-25,28,30,33H,5-6,8,11,15-17,20-22H2,1-4H3,(H,38,40)/b13-7-/t23-,24-,25+,28-,30+,33-,36-/m0/s1. The number of amides is 1. The molecule has 1 saturated carbocycles. The molecule has 2 aromatic rings. The van der Waals surface area contributed by atoms with E-state index in [1.165, 1.54) is 11.1 Å². The largest absolute Gasteiger partial charge is 0.490 e. The summed E-state index contributed by atoms with van der Waals surface area (Å²) < 4.78 is 47.6. The van der Waals surface area contributed by atoms with Gasteiger partial charge >= 0.3 is 0 Å². The van der Waals surface area contributed by atoms with E-state index in [0.717, 1.165) is 55.9 Å². The van der Waals surface area contributed by atoms with Crippen LogP contribution < -0.4 is 14.4 Å².